The Hall–Kier alpha value is -0.570. The first-order valence-corrected chi connectivity index (χ1v) is 7.29. The van der Waals surface area contributed by atoms with Gasteiger partial charge in [-0.2, -0.15) is 0 Å². The summed E-state index contributed by atoms with van der Waals surface area (Å²) in [5, 5.41) is 3.47. The van der Waals surface area contributed by atoms with Crippen LogP contribution in [0.3, 0.4) is 0 Å². The number of carbonyl (C=O) groups is 1. The molecule has 100 valence electrons. The minimum atomic E-state index is 0.371. The van der Waals surface area contributed by atoms with E-state index in [1.165, 1.54) is 19.3 Å². The highest BCUT2D eigenvalue weighted by Crippen LogP contribution is 2.13. The van der Waals surface area contributed by atoms with Gasteiger partial charge in [0.15, 0.2) is 0 Å². The van der Waals surface area contributed by atoms with Crippen molar-refractivity contribution < 1.29 is 4.79 Å². The summed E-state index contributed by atoms with van der Waals surface area (Å²) in [6.45, 7) is 7.28. The zero-order valence-corrected chi connectivity index (χ0v) is 11.5. The zero-order chi connectivity index (χ0) is 12.5. The van der Waals surface area contributed by atoms with Crippen LogP contribution in [-0.2, 0) is 4.79 Å². The Labute approximate surface area is 106 Å². The van der Waals surface area contributed by atoms with Crippen molar-refractivity contribution >= 4 is 5.91 Å². The molecule has 1 rings (SSSR count). The number of piperidine rings is 1. The predicted molar refractivity (Wildman–Crippen MR) is 72.0 cm³/mol. The molecule has 0 aromatic carbocycles. The molecule has 3 heteroatoms. The van der Waals surface area contributed by atoms with Crippen LogP contribution in [0.2, 0.25) is 0 Å². The Morgan fingerprint density at radius 3 is 2.47 bits per heavy atom. The monoisotopic (exact) mass is 240 g/mol. The smallest absolute Gasteiger partial charge is 0.222 e. The van der Waals surface area contributed by atoms with Crippen molar-refractivity contribution in [2.24, 2.45) is 0 Å². The third kappa shape index (κ3) is 5.53. The van der Waals surface area contributed by atoms with E-state index < -0.39 is 0 Å². The minimum Gasteiger partial charge on any atom is -0.343 e. The lowest BCUT2D eigenvalue weighted by molar-refractivity contribution is -0.132. The van der Waals surface area contributed by atoms with Crippen LogP contribution in [0.15, 0.2) is 0 Å². The molecule has 0 unspecified atom stereocenters. The normalized spacial score (nSPS) is 17.4. The van der Waals surface area contributed by atoms with Crippen molar-refractivity contribution in [2.45, 2.75) is 64.8 Å². The van der Waals surface area contributed by atoms with E-state index in [4.69, 9.17) is 0 Å². The highest BCUT2D eigenvalue weighted by molar-refractivity contribution is 5.76. The summed E-state index contributed by atoms with van der Waals surface area (Å²) in [5.74, 6) is 0.371. The van der Waals surface area contributed by atoms with Crippen molar-refractivity contribution in [3.63, 3.8) is 0 Å². The van der Waals surface area contributed by atoms with Crippen LogP contribution in [0.4, 0.5) is 0 Å². The third-order valence-electron chi connectivity index (χ3n) is 3.58. The summed E-state index contributed by atoms with van der Waals surface area (Å²) >= 11 is 0. The predicted octanol–water partition coefficient (Wildman–Crippen LogP) is 2.56. The van der Waals surface area contributed by atoms with Gasteiger partial charge in [-0.05, 0) is 25.8 Å². The average Bonchev–Trinajstić information content (AvgIpc) is 2.36. The maximum atomic E-state index is 11.9. The second-order valence-corrected chi connectivity index (χ2v) is 5.02. The number of carbonyl (C=O) groups excluding carboxylic acids is 1. The van der Waals surface area contributed by atoms with Gasteiger partial charge < -0.3 is 10.2 Å². The standard InChI is InChI=1S/C14H28N2O/c1-3-5-6-7-8-14(17)16-11-9-13(10-12-16)15-4-2/h13,15H,3-12H2,1-2H3. The number of rotatable bonds is 7. The van der Waals surface area contributed by atoms with Crippen molar-refractivity contribution in [3.05, 3.63) is 0 Å². The number of amides is 1. The topological polar surface area (TPSA) is 32.3 Å². The maximum Gasteiger partial charge on any atom is 0.222 e. The zero-order valence-electron chi connectivity index (χ0n) is 11.5. The highest BCUT2D eigenvalue weighted by Gasteiger charge is 2.21. The van der Waals surface area contributed by atoms with Crippen molar-refractivity contribution in [2.75, 3.05) is 19.6 Å². The highest BCUT2D eigenvalue weighted by atomic mass is 16.2. The Morgan fingerprint density at radius 1 is 1.18 bits per heavy atom. The lowest BCUT2D eigenvalue weighted by Crippen LogP contribution is -2.44. The summed E-state index contributed by atoms with van der Waals surface area (Å²) in [5.41, 5.74) is 0. The Bertz CT molecular complexity index is 210. The molecule has 1 aliphatic rings. The number of unbranched alkanes of at least 4 members (excludes halogenated alkanes) is 3. The fourth-order valence-corrected chi connectivity index (χ4v) is 2.48. The lowest BCUT2D eigenvalue weighted by Gasteiger charge is -2.32. The molecule has 1 N–H and O–H groups in total. The van der Waals surface area contributed by atoms with Gasteiger partial charge >= 0.3 is 0 Å². The van der Waals surface area contributed by atoms with Crippen LogP contribution in [-0.4, -0.2) is 36.5 Å². The third-order valence-corrected chi connectivity index (χ3v) is 3.58. The molecule has 17 heavy (non-hydrogen) atoms. The average molecular weight is 240 g/mol. The van der Waals surface area contributed by atoms with E-state index in [1.807, 2.05) is 0 Å². The quantitative estimate of drug-likeness (QED) is 0.694. The molecule has 1 heterocycles. The molecular formula is C14H28N2O. The van der Waals surface area contributed by atoms with Crippen LogP contribution in [0.5, 0.6) is 0 Å². The van der Waals surface area contributed by atoms with Gasteiger partial charge in [-0.15, -0.1) is 0 Å². The first-order chi connectivity index (χ1) is 8.27. The molecule has 0 aliphatic carbocycles. The molecule has 0 saturated carbocycles. The van der Waals surface area contributed by atoms with Crippen LogP contribution < -0.4 is 5.32 Å². The summed E-state index contributed by atoms with van der Waals surface area (Å²) in [6, 6.07) is 0.629. The molecule has 0 atom stereocenters. The summed E-state index contributed by atoms with van der Waals surface area (Å²) < 4.78 is 0. The van der Waals surface area contributed by atoms with Crippen LogP contribution in [0.25, 0.3) is 0 Å². The Morgan fingerprint density at radius 2 is 1.88 bits per heavy atom. The first kappa shape index (κ1) is 14.5. The molecule has 1 amide bonds. The molecule has 3 nitrogen and oxygen atoms in total. The van der Waals surface area contributed by atoms with E-state index in [1.54, 1.807) is 0 Å². The SMILES string of the molecule is CCCCCCC(=O)N1CCC(NCC)CC1. The molecule has 1 fully saturated rings. The molecule has 0 aromatic rings. The molecule has 0 spiro atoms. The van der Waals surface area contributed by atoms with Crippen molar-refractivity contribution in [3.8, 4) is 0 Å². The van der Waals surface area contributed by atoms with Gasteiger partial charge in [0, 0.05) is 25.6 Å². The van der Waals surface area contributed by atoms with E-state index in [0.717, 1.165) is 45.3 Å². The van der Waals surface area contributed by atoms with Crippen molar-refractivity contribution in [1.29, 1.82) is 0 Å². The van der Waals surface area contributed by atoms with Gasteiger partial charge in [0.2, 0.25) is 5.91 Å². The number of nitrogens with zero attached hydrogens (tertiary/aromatic N) is 1. The summed E-state index contributed by atoms with van der Waals surface area (Å²) in [7, 11) is 0. The molecule has 0 bridgehead atoms. The van der Waals surface area contributed by atoms with Crippen molar-refractivity contribution in [1.82, 2.24) is 10.2 Å². The second kappa shape index (κ2) is 8.51. The molecule has 1 saturated heterocycles. The number of nitrogens with one attached hydrogen (secondary N) is 1. The van der Waals surface area contributed by atoms with Gasteiger partial charge in [-0.3, -0.25) is 4.79 Å². The fraction of sp³-hybridized carbons (Fsp3) is 0.929. The second-order valence-electron chi connectivity index (χ2n) is 5.02. The molecule has 0 radical (unpaired) electrons. The first-order valence-electron chi connectivity index (χ1n) is 7.29. The number of hydrogen-bond donors (Lipinski definition) is 1. The van der Waals surface area contributed by atoms with Gasteiger partial charge in [0.1, 0.15) is 0 Å². The van der Waals surface area contributed by atoms with Crippen LogP contribution in [0, 0.1) is 0 Å². The molecule has 1 aliphatic heterocycles. The van der Waals surface area contributed by atoms with Gasteiger partial charge in [-0.1, -0.05) is 33.1 Å². The van der Waals surface area contributed by atoms with E-state index >= 15 is 0 Å². The number of likely N-dealkylation sites (tertiary alicyclic amines) is 1. The van der Waals surface area contributed by atoms with Gasteiger partial charge in [0.25, 0.3) is 0 Å². The van der Waals surface area contributed by atoms with Crippen LogP contribution >= 0.6 is 0 Å². The Kier molecular flexibility index (Phi) is 7.25. The van der Waals surface area contributed by atoms with Crippen LogP contribution in [0.1, 0.15) is 58.8 Å². The molecular weight excluding hydrogens is 212 g/mol. The van der Waals surface area contributed by atoms with E-state index in [2.05, 4.69) is 24.1 Å². The van der Waals surface area contributed by atoms with E-state index in [9.17, 15) is 4.79 Å². The molecule has 0 aromatic heterocycles. The number of hydrogen-bond acceptors (Lipinski definition) is 2. The lowest BCUT2D eigenvalue weighted by atomic mass is 10.0. The minimum absolute atomic E-state index is 0.371. The summed E-state index contributed by atoms with van der Waals surface area (Å²) in [4.78, 5) is 14.0. The largest absolute Gasteiger partial charge is 0.343 e. The summed E-state index contributed by atoms with van der Waals surface area (Å²) in [6.07, 6.45) is 7.77. The fourth-order valence-electron chi connectivity index (χ4n) is 2.48. The van der Waals surface area contributed by atoms with E-state index in [-0.39, 0.29) is 0 Å². The van der Waals surface area contributed by atoms with Gasteiger partial charge in [-0.25, -0.2) is 0 Å². The van der Waals surface area contributed by atoms with Gasteiger partial charge in [0.05, 0.1) is 0 Å². The van der Waals surface area contributed by atoms with E-state index in [0.29, 0.717) is 11.9 Å². The Balaban J connectivity index is 2.12. The maximum absolute atomic E-state index is 11.9.